The summed E-state index contributed by atoms with van der Waals surface area (Å²) in [7, 11) is -2.27. The summed E-state index contributed by atoms with van der Waals surface area (Å²) in [6.07, 6.45) is 0. The molecule has 0 saturated heterocycles. The van der Waals surface area contributed by atoms with Gasteiger partial charge in [-0.05, 0) is 48.2 Å². The van der Waals surface area contributed by atoms with Gasteiger partial charge in [0.2, 0.25) is 5.82 Å². The van der Waals surface area contributed by atoms with E-state index in [0.717, 1.165) is 15.6 Å². The van der Waals surface area contributed by atoms with Crippen LogP contribution in [0.5, 0.6) is 0 Å². The molecule has 0 radical (unpaired) electrons. The largest absolute Gasteiger partial charge is 0.333 e. The number of aryl methyl sites for hydroxylation is 1. The quantitative estimate of drug-likeness (QED) is 0.377. The van der Waals surface area contributed by atoms with Crippen molar-refractivity contribution in [1.29, 1.82) is 0 Å². The summed E-state index contributed by atoms with van der Waals surface area (Å²) < 4.78 is 34.0. The van der Waals surface area contributed by atoms with E-state index in [-0.39, 0.29) is 10.8 Å². The lowest BCUT2D eigenvalue weighted by atomic mass is 10.2. The first-order valence-corrected chi connectivity index (χ1v) is 11.7. The number of halogens is 1. The minimum absolute atomic E-state index is 0.133. The molecule has 0 aliphatic heterocycles. The van der Waals surface area contributed by atoms with E-state index < -0.39 is 10.0 Å². The second-order valence-electron chi connectivity index (χ2n) is 6.33. The average Bonchev–Trinajstić information content (AvgIpc) is 3.37. The van der Waals surface area contributed by atoms with Crippen LogP contribution in [0.25, 0.3) is 22.2 Å². The number of anilines is 1. The van der Waals surface area contributed by atoms with Crippen LogP contribution in [0.15, 0.2) is 73.9 Å². The van der Waals surface area contributed by atoms with Crippen molar-refractivity contribution in [3.8, 4) is 22.2 Å². The first-order valence-electron chi connectivity index (χ1n) is 8.60. The highest BCUT2D eigenvalue weighted by Crippen LogP contribution is 2.36. The lowest BCUT2D eigenvalue weighted by molar-refractivity contribution is 0.432. The molecule has 0 bridgehead atoms. The number of thiophene rings is 1. The van der Waals surface area contributed by atoms with Crippen LogP contribution in [-0.4, -0.2) is 25.6 Å². The second-order valence-corrected chi connectivity index (χ2v) is 10.0. The molecular weight excluding hydrogens is 474 g/mol. The minimum atomic E-state index is -3.80. The molecule has 0 N–H and O–H groups in total. The van der Waals surface area contributed by atoms with Gasteiger partial charge in [-0.15, -0.1) is 11.3 Å². The molecule has 4 aromatic rings. The Morgan fingerprint density at radius 1 is 1.10 bits per heavy atom. The first kappa shape index (κ1) is 19.8. The van der Waals surface area contributed by atoms with Crippen LogP contribution in [0.3, 0.4) is 0 Å². The van der Waals surface area contributed by atoms with E-state index in [4.69, 9.17) is 4.52 Å². The van der Waals surface area contributed by atoms with Gasteiger partial charge >= 0.3 is 0 Å². The fourth-order valence-corrected chi connectivity index (χ4v) is 5.80. The highest BCUT2D eigenvalue weighted by molar-refractivity contribution is 9.10. The predicted molar refractivity (Wildman–Crippen MR) is 118 cm³/mol. The molecule has 0 saturated carbocycles. The number of hydrogen-bond acceptors (Lipinski definition) is 6. The van der Waals surface area contributed by atoms with E-state index in [1.807, 2.05) is 49.4 Å². The molecule has 4 rings (SSSR count). The number of rotatable bonds is 5. The van der Waals surface area contributed by atoms with E-state index in [1.54, 1.807) is 17.5 Å². The predicted octanol–water partition coefficient (Wildman–Crippen LogP) is 5.36. The summed E-state index contributed by atoms with van der Waals surface area (Å²) in [5, 5.41) is 5.73. The van der Waals surface area contributed by atoms with Crippen LogP contribution in [0, 0.1) is 6.92 Å². The van der Waals surface area contributed by atoms with E-state index in [2.05, 4.69) is 26.1 Å². The van der Waals surface area contributed by atoms with Gasteiger partial charge in [0.25, 0.3) is 15.9 Å². The van der Waals surface area contributed by atoms with Crippen molar-refractivity contribution in [3.05, 3.63) is 70.0 Å². The van der Waals surface area contributed by atoms with Gasteiger partial charge in [0.15, 0.2) is 0 Å². The number of benzene rings is 2. The van der Waals surface area contributed by atoms with Gasteiger partial charge in [-0.25, -0.2) is 8.42 Å². The molecule has 0 aliphatic carbocycles. The van der Waals surface area contributed by atoms with Crippen molar-refractivity contribution < 1.29 is 12.9 Å². The van der Waals surface area contributed by atoms with Gasteiger partial charge in [-0.1, -0.05) is 45.4 Å². The average molecular weight is 490 g/mol. The van der Waals surface area contributed by atoms with E-state index in [9.17, 15) is 8.42 Å². The summed E-state index contributed by atoms with van der Waals surface area (Å²) in [6.45, 7) is 1.92. The second kappa shape index (κ2) is 7.74. The molecular formula is C20H16BrN3O3S2. The third-order valence-corrected chi connectivity index (χ3v) is 7.92. The molecule has 0 spiro atoms. The van der Waals surface area contributed by atoms with Crippen molar-refractivity contribution in [1.82, 2.24) is 10.1 Å². The zero-order valence-electron chi connectivity index (χ0n) is 15.5. The van der Waals surface area contributed by atoms with Gasteiger partial charge < -0.3 is 4.52 Å². The molecule has 0 fully saturated rings. The first-order chi connectivity index (χ1) is 13.9. The van der Waals surface area contributed by atoms with Crippen molar-refractivity contribution in [2.24, 2.45) is 0 Å². The molecule has 148 valence electrons. The van der Waals surface area contributed by atoms with Crippen LogP contribution in [0.2, 0.25) is 0 Å². The summed E-state index contributed by atoms with van der Waals surface area (Å²) in [5.41, 5.74) is 2.33. The Labute approximate surface area is 181 Å². The maximum absolute atomic E-state index is 13.3. The molecule has 6 nitrogen and oxygen atoms in total. The monoisotopic (exact) mass is 489 g/mol. The van der Waals surface area contributed by atoms with Gasteiger partial charge in [0.1, 0.15) is 9.77 Å². The lowest BCUT2D eigenvalue weighted by Crippen LogP contribution is -2.26. The highest BCUT2D eigenvalue weighted by atomic mass is 79.9. The Balaban J connectivity index is 1.73. The molecule has 0 amide bonds. The molecule has 9 heteroatoms. The van der Waals surface area contributed by atoms with Crippen LogP contribution < -0.4 is 4.31 Å². The highest BCUT2D eigenvalue weighted by Gasteiger charge is 2.28. The number of nitrogens with zero attached hydrogens (tertiary/aromatic N) is 3. The maximum Gasteiger partial charge on any atom is 0.269 e. The van der Waals surface area contributed by atoms with E-state index >= 15 is 0 Å². The smallest absolute Gasteiger partial charge is 0.269 e. The molecule has 29 heavy (non-hydrogen) atoms. The molecule has 2 aromatic heterocycles. The molecule has 0 aliphatic rings. The fourth-order valence-electron chi connectivity index (χ4n) is 2.83. The molecule has 0 unspecified atom stereocenters. The van der Waals surface area contributed by atoms with E-state index in [0.29, 0.717) is 16.4 Å². The number of aromatic nitrogens is 2. The van der Waals surface area contributed by atoms with Crippen LogP contribution in [-0.2, 0) is 10.0 Å². The Kier molecular flexibility index (Phi) is 5.28. The summed E-state index contributed by atoms with van der Waals surface area (Å²) in [6, 6.07) is 16.4. The Morgan fingerprint density at radius 2 is 1.90 bits per heavy atom. The fraction of sp³-hybridized carbons (Fsp3) is 0.100. The topological polar surface area (TPSA) is 76.3 Å². The summed E-state index contributed by atoms with van der Waals surface area (Å²) >= 11 is 4.71. The number of sulfonamides is 1. The van der Waals surface area contributed by atoms with Crippen molar-refractivity contribution >= 4 is 43.0 Å². The third kappa shape index (κ3) is 3.73. The van der Waals surface area contributed by atoms with Crippen LogP contribution >= 0.6 is 27.3 Å². The maximum atomic E-state index is 13.3. The Bertz CT molecular complexity index is 1280. The normalized spacial score (nSPS) is 11.6. The van der Waals surface area contributed by atoms with Gasteiger partial charge in [-0.2, -0.15) is 4.98 Å². The number of hydrogen-bond donors (Lipinski definition) is 0. The van der Waals surface area contributed by atoms with Gasteiger partial charge in [0, 0.05) is 17.1 Å². The van der Waals surface area contributed by atoms with Crippen LogP contribution in [0.4, 0.5) is 5.69 Å². The Morgan fingerprint density at radius 3 is 2.66 bits per heavy atom. The van der Waals surface area contributed by atoms with Gasteiger partial charge in [-0.3, -0.25) is 4.31 Å². The minimum Gasteiger partial charge on any atom is -0.333 e. The zero-order chi connectivity index (χ0) is 20.6. The van der Waals surface area contributed by atoms with Crippen molar-refractivity contribution in [2.45, 2.75) is 11.8 Å². The van der Waals surface area contributed by atoms with Gasteiger partial charge in [0.05, 0.1) is 5.69 Å². The Hall–Kier alpha value is -2.49. The van der Waals surface area contributed by atoms with E-state index in [1.165, 1.54) is 22.7 Å². The van der Waals surface area contributed by atoms with Crippen molar-refractivity contribution in [2.75, 3.05) is 11.4 Å². The zero-order valence-corrected chi connectivity index (χ0v) is 18.8. The molecule has 2 heterocycles. The molecule has 2 aromatic carbocycles. The summed E-state index contributed by atoms with van der Waals surface area (Å²) in [4.78, 5) is 4.97. The van der Waals surface area contributed by atoms with Crippen molar-refractivity contribution in [3.63, 3.8) is 0 Å². The third-order valence-electron chi connectivity index (χ3n) is 4.37. The SMILES string of the molecule is Cc1cccc(N(C)S(=O)(=O)c2ccsc2-c2nc(-c3ccccc3Br)no2)c1. The van der Waals surface area contributed by atoms with Crippen LogP contribution in [0.1, 0.15) is 5.56 Å². The standard InChI is InChI=1S/C20H16BrN3O3S2/c1-13-6-5-7-14(12-13)24(2)29(25,26)17-10-11-28-18(17)20-22-19(23-27-20)15-8-3-4-9-16(15)21/h3-12H,1-2H3. The lowest BCUT2D eigenvalue weighted by Gasteiger charge is -2.19. The summed E-state index contributed by atoms with van der Waals surface area (Å²) in [5.74, 6) is 0.554. The molecule has 0 atom stereocenters.